The molecule has 3 nitrogen and oxygen atoms in total. The lowest BCUT2D eigenvalue weighted by atomic mass is 10.2. The summed E-state index contributed by atoms with van der Waals surface area (Å²) in [5.74, 6) is 0.757. The van der Waals surface area contributed by atoms with Crippen LogP contribution in [0.3, 0.4) is 0 Å². The third-order valence-electron chi connectivity index (χ3n) is 3.88. The lowest BCUT2D eigenvalue weighted by Gasteiger charge is -2.17. The molecule has 1 heterocycles. The Morgan fingerprint density at radius 1 is 1.14 bits per heavy atom. The standard InChI is InChI=1S/C18H19NO2/c1-2-14-7-9-16(10-8-14)21-13-18(20)19-12-11-15-5-3-4-6-17(15)19/h3-10H,2,11-13H2,1H3. The number of para-hydroxylation sites is 1. The predicted octanol–water partition coefficient (Wildman–Crippen LogP) is 3.22. The van der Waals surface area contributed by atoms with Crippen molar-refractivity contribution in [3.63, 3.8) is 0 Å². The fourth-order valence-electron chi connectivity index (χ4n) is 2.64. The molecule has 3 heteroatoms. The minimum atomic E-state index is 0.0134. The number of hydrogen-bond acceptors (Lipinski definition) is 2. The topological polar surface area (TPSA) is 29.5 Å². The molecule has 2 aromatic rings. The van der Waals surface area contributed by atoms with Gasteiger partial charge in [-0.1, -0.05) is 37.3 Å². The van der Waals surface area contributed by atoms with E-state index in [4.69, 9.17) is 4.74 Å². The molecule has 1 amide bonds. The Morgan fingerprint density at radius 3 is 2.67 bits per heavy atom. The van der Waals surface area contributed by atoms with E-state index in [-0.39, 0.29) is 12.5 Å². The molecule has 1 aliphatic rings. The molecule has 0 atom stereocenters. The van der Waals surface area contributed by atoms with E-state index in [0.29, 0.717) is 0 Å². The fourth-order valence-corrected chi connectivity index (χ4v) is 2.64. The summed E-state index contributed by atoms with van der Waals surface area (Å²) in [6, 6.07) is 16.0. The van der Waals surface area contributed by atoms with Gasteiger partial charge >= 0.3 is 0 Å². The molecule has 0 aromatic heterocycles. The molecule has 0 aliphatic carbocycles. The van der Waals surface area contributed by atoms with Crippen molar-refractivity contribution in [1.82, 2.24) is 0 Å². The Hall–Kier alpha value is -2.29. The lowest BCUT2D eigenvalue weighted by Crippen LogP contribution is -2.33. The van der Waals surface area contributed by atoms with Crippen molar-refractivity contribution in [2.24, 2.45) is 0 Å². The number of carbonyl (C=O) groups excluding carboxylic acids is 1. The Kier molecular flexibility index (Phi) is 3.91. The van der Waals surface area contributed by atoms with E-state index < -0.39 is 0 Å². The number of carbonyl (C=O) groups is 1. The molecule has 0 saturated carbocycles. The first kappa shape index (κ1) is 13.7. The molecule has 0 bridgehead atoms. The van der Waals surface area contributed by atoms with Crippen molar-refractivity contribution < 1.29 is 9.53 Å². The quantitative estimate of drug-likeness (QED) is 0.861. The molecule has 0 spiro atoms. The largest absolute Gasteiger partial charge is 0.484 e. The molecule has 0 saturated heterocycles. The van der Waals surface area contributed by atoms with Crippen LogP contribution >= 0.6 is 0 Å². The van der Waals surface area contributed by atoms with Gasteiger partial charge in [0.25, 0.3) is 5.91 Å². The molecule has 108 valence electrons. The SMILES string of the molecule is CCc1ccc(OCC(=O)N2CCc3ccccc32)cc1. The summed E-state index contributed by atoms with van der Waals surface area (Å²) in [6.45, 7) is 2.94. The van der Waals surface area contributed by atoms with Crippen LogP contribution in [-0.4, -0.2) is 19.1 Å². The highest BCUT2D eigenvalue weighted by molar-refractivity contribution is 5.96. The van der Waals surface area contributed by atoms with Gasteiger partial charge in [0.15, 0.2) is 6.61 Å². The van der Waals surface area contributed by atoms with E-state index in [0.717, 1.165) is 30.8 Å². The van der Waals surface area contributed by atoms with Crippen molar-refractivity contribution in [2.75, 3.05) is 18.1 Å². The summed E-state index contributed by atoms with van der Waals surface area (Å²) in [5, 5.41) is 0. The number of aryl methyl sites for hydroxylation is 1. The van der Waals surface area contributed by atoms with Crippen LogP contribution in [0.5, 0.6) is 5.75 Å². The minimum absolute atomic E-state index is 0.0134. The number of hydrogen-bond donors (Lipinski definition) is 0. The Morgan fingerprint density at radius 2 is 1.90 bits per heavy atom. The van der Waals surface area contributed by atoms with E-state index >= 15 is 0 Å². The van der Waals surface area contributed by atoms with E-state index in [1.165, 1.54) is 11.1 Å². The molecule has 0 radical (unpaired) electrons. The van der Waals surface area contributed by atoms with Crippen molar-refractivity contribution in [2.45, 2.75) is 19.8 Å². The zero-order valence-corrected chi connectivity index (χ0v) is 12.2. The summed E-state index contributed by atoms with van der Waals surface area (Å²) in [5.41, 5.74) is 3.52. The number of ether oxygens (including phenoxy) is 1. The highest BCUT2D eigenvalue weighted by Crippen LogP contribution is 2.27. The first-order valence-corrected chi connectivity index (χ1v) is 7.38. The highest BCUT2D eigenvalue weighted by Gasteiger charge is 2.24. The van der Waals surface area contributed by atoms with Crippen molar-refractivity contribution in [3.8, 4) is 5.75 Å². The molecule has 0 fully saturated rings. The predicted molar refractivity (Wildman–Crippen MR) is 83.8 cm³/mol. The number of anilines is 1. The summed E-state index contributed by atoms with van der Waals surface area (Å²) >= 11 is 0. The van der Waals surface area contributed by atoms with E-state index in [1.807, 2.05) is 47.4 Å². The first-order chi connectivity index (χ1) is 10.3. The molecule has 2 aromatic carbocycles. The average molecular weight is 281 g/mol. The Bertz CT molecular complexity index is 634. The van der Waals surface area contributed by atoms with Crippen molar-refractivity contribution in [3.05, 3.63) is 59.7 Å². The highest BCUT2D eigenvalue weighted by atomic mass is 16.5. The van der Waals surface area contributed by atoms with Gasteiger partial charge in [0.05, 0.1) is 0 Å². The van der Waals surface area contributed by atoms with Gasteiger partial charge in [-0.25, -0.2) is 0 Å². The summed E-state index contributed by atoms with van der Waals surface area (Å²) in [4.78, 5) is 14.1. The lowest BCUT2D eigenvalue weighted by molar-refractivity contribution is -0.120. The first-order valence-electron chi connectivity index (χ1n) is 7.38. The van der Waals surface area contributed by atoms with Crippen LogP contribution in [0.1, 0.15) is 18.1 Å². The third-order valence-corrected chi connectivity index (χ3v) is 3.88. The van der Waals surface area contributed by atoms with Crippen LogP contribution in [0.15, 0.2) is 48.5 Å². The second-order valence-electron chi connectivity index (χ2n) is 5.21. The molecular formula is C18H19NO2. The number of rotatable bonds is 4. The van der Waals surface area contributed by atoms with Gasteiger partial charge in [-0.3, -0.25) is 4.79 Å². The van der Waals surface area contributed by atoms with Gasteiger partial charge < -0.3 is 9.64 Å². The second-order valence-corrected chi connectivity index (χ2v) is 5.21. The molecule has 0 unspecified atom stereocenters. The molecular weight excluding hydrogens is 262 g/mol. The van der Waals surface area contributed by atoms with Crippen LogP contribution in [0.4, 0.5) is 5.69 Å². The van der Waals surface area contributed by atoms with Crippen molar-refractivity contribution >= 4 is 11.6 Å². The van der Waals surface area contributed by atoms with Gasteiger partial charge in [0, 0.05) is 12.2 Å². The molecule has 3 rings (SSSR count). The number of fused-ring (bicyclic) bond motifs is 1. The maximum Gasteiger partial charge on any atom is 0.264 e. The van der Waals surface area contributed by atoms with Gasteiger partial charge in [-0.2, -0.15) is 0 Å². The maximum absolute atomic E-state index is 12.3. The zero-order valence-electron chi connectivity index (χ0n) is 12.2. The van der Waals surface area contributed by atoms with Crippen LogP contribution in [0.25, 0.3) is 0 Å². The number of amides is 1. The van der Waals surface area contributed by atoms with E-state index in [1.54, 1.807) is 0 Å². The Balaban J connectivity index is 1.62. The van der Waals surface area contributed by atoms with Crippen LogP contribution in [0.2, 0.25) is 0 Å². The summed E-state index contributed by atoms with van der Waals surface area (Å²) in [7, 11) is 0. The van der Waals surface area contributed by atoms with Crippen molar-refractivity contribution in [1.29, 1.82) is 0 Å². The second kappa shape index (κ2) is 6.00. The summed E-state index contributed by atoms with van der Waals surface area (Å²) < 4.78 is 5.60. The van der Waals surface area contributed by atoms with Gasteiger partial charge in [0.2, 0.25) is 0 Å². The van der Waals surface area contributed by atoms with Gasteiger partial charge in [-0.15, -0.1) is 0 Å². The van der Waals surface area contributed by atoms with Crippen LogP contribution in [0, 0.1) is 0 Å². The normalized spacial score (nSPS) is 13.1. The third kappa shape index (κ3) is 2.92. The molecule has 21 heavy (non-hydrogen) atoms. The smallest absolute Gasteiger partial charge is 0.264 e. The summed E-state index contributed by atoms with van der Waals surface area (Å²) in [6.07, 6.45) is 1.93. The van der Waals surface area contributed by atoms with E-state index in [9.17, 15) is 4.79 Å². The minimum Gasteiger partial charge on any atom is -0.484 e. The average Bonchev–Trinajstić information content (AvgIpc) is 2.97. The number of benzene rings is 2. The van der Waals surface area contributed by atoms with Gasteiger partial charge in [0.1, 0.15) is 5.75 Å². The van der Waals surface area contributed by atoms with E-state index in [2.05, 4.69) is 13.0 Å². The molecule has 0 N–H and O–H groups in total. The van der Waals surface area contributed by atoms with Crippen LogP contribution in [-0.2, 0) is 17.6 Å². The molecule has 1 aliphatic heterocycles. The monoisotopic (exact) mass is 281 g/mol. The van der Waals surface area contributed by atoms with Crippen LogP contribution < -0.4 is 9.64 Å². The maximum atomic E-state index is 12.3. The zero-order chi connectivity index (χ0) is 14.7. The Labute approximate surface area is 125 Å². The fraction of sp³-hybridized carbons (Fsp3) is 0.278. The van der Waals surface area contributed by atoms with Gasteiger partial charge in [-0.05, 0) is 42.2 Å². The number of nitrogens with zero attached hydrogens (tertiary/aromatic N) is 1.